The summed E-state index contributed by atoms with van der Waals surface area (Å²) in [5.41, 5.74) is 1.70. The first-order valence-electron chi connectivity index (χ1n) is 6.45. The molecule has 118 valence electrons. The molecule has 0 atom stereocenters. The van der Waals surface area contributed by atoms with Crippen molar-refractivity contribution >= 4 is 47.6 Å². The summed E-state index contributed by atoms with van der Waals surface area (Å²) in [4.78, 5) is 15.7. The van der Waals surface area contributed by atoms with Crippen molar-refractivity contribution in [3.8, 4) is 0 Å². The van der Waals surface area contributed by atoms with Gasteiger partial charge < -0.3 is 16.0 Å². The fourth-order valence-electron chi connectivity index (χ4n) is 1.64. The number of rotatable bonds is 6. The minimum absolute atomic E-state index is 0. The molecule has 0 fully saturated rings. The van der Waals surface area contributed by atoms with E-state index in [0.717, 1.165) is 23.8 Å². The van der Waals surface area contributed by atoms with Crippen LogP contribution in [0.25, 0.3) is 0 Å². The van der Waals surface area contributed by atoms with Gasteiger partial charge in [-0.05, 0) is 24.0 Å². The highest BCUT2D eigenvalue weighted by atomic mass is 127. The number of benzene rings is 1. The summed E-state index contributed by atoms with van der Waals surface area (Å²) in [6.45, 7) is 1.50. The second-order valence-electron chi connectivity index (χ2n) is 4.12. The largest absolute Gasteiger partial charge is 0.356 e. The zero-order chi connectivity index (χ0) is 14.8. The molecule has 0 heterocycles. The highest BCUT2D eigenvalue weighted by Crippen LogP contribution is 2.05. The van der Waals surface area contributed by atoms with E-state index in [-0.39, 0.29) is 29.9 Å². The highest BCUT2D eigenvalue weighted by Gasteiger charge is 2.04. The molecule has 0 aliphatic heterocycles. The van der Waals surface area contributed by atoms with Gasteiger partial charge in [-0.3, -0.25) is 9.79 Å². The molecule has 0 bridgehead atoms. The van der Waals surface area contributed by atoms with Crippen molar-refractivity contribution < 1.29 is 4.79 Å². The smallest absolute Gasteiger partial charge is 0.251 e. The summed E-state index contributed by atoms with van der Waals surface area (Å²) in [7, 11) is 3.38. The lowest BCUT2D eigenvalue weighted by Gasteiger charge is -2.12. The number of hydrogen-bond donors (Lipinski definition) is 3. The first kappa shape index (κ1) is 20.0. The van der Waals surface area contributed by atoms with Gasteiger partial charge in [0.25, 0.3) is 5.91 Å². The third kappa shape index (κ3) is 7.56. The number of carbonyl (C=O) groups excluding carboxylic acids is 1. The summed E-state index contributed by atoms with van der Waals surface area (Å²) in [5, 5.41) is 9.08. The Balaban J connectivity index is 0.00000400. The van der Waals surface area contributed by atoms with Crippen molar-refractivity contribution in [2.75, 3.05) is 32.6 Å². The van der Waals surface area contributed by atoms with Crippen LogP contribution in [0.1, 0.15) is 15.9 Å². The molecule has 7 heteroatoms. The monoisotopic (exact) mass is 422 g/mol. The van der Waals surface area contributed by atoms with Crippen LogP contribution in [0.15, 0.2) is 29.3 Å². The lowest BCUT2D eigenvalue weighted by Crippen LogP contribution is -2.37. The number of nitrogens with one attached hydrogen (secondary N) is 3. The van der Waals surface area contributed by atoms with E-state index in [9.17, 15) is 4.79 Å². The van der Waals surface area contributed by atoms with Crippen molar-refractivity contribution in [2.45, 2.75) is 6.54 Å². The topological polar surface area (TPSA) is 65.5 Å². The molecule has 0 aliphatic rings. The van der Waals surface area contributed by atoms with E-state index in [1.165, 1.54) is 0 Å². The Labute approximate surface area is 147 Å². The first-order valence-corrected chi connectivity index (χ1v) is 7.85. The van der Waals surface area contributed by atoms with Gasteiger partial charge in [-0.25, -0.2) is 0 Å². The Kier molecular flexibility index (Phi) is 11.1. The van der Waals surface area contributed by atoms with Crippen molar-refractivity contribution in [3.63, 3.8) is 0 Å². The second kappa shape index (κ2) is 11.7. The predicted octanol–water partition coefficient (Wildman–Crippen LogP) is 1.69. The standard InChI is InChI=1S/C14H22N4OS.HI/c1-15-13(19)12-6-4-5-11(9-12)10-18-14(16-2)17-7-8-20-3;/h4-6,9H,7-8,10H2,1-3H3,(H,15,19)(H2,16,17,18);1H. The fourth-order valence-corrected chi connectivity index (χ4v) is 1.95. The number of aliphatic imine (C=N–C) groups is 1. The normalized spacial score (nSPS) is 10.5. The second-order valence-corrected chi connectivity index (χ2v) is 5.11. The molecule has 0 aliphatic carbocycles. The highest BCUT2D eigenvalue weighted by molar-refractivity contribution is 14.0. The third-order valence-electron chi connectivity index (χ3n) is 2.70. The van der Waals surface area contributed by atoms with E-state index in [0.29, 0.717) is 12.1 Å². The summed E-state index contributed by atoms with van der Waals surface area (Å²) in [6.07, 6.45) is 2.07. The predicted molar refractivity (Wildman–Crippen MR) is 102 cm³/mol. The van der Waals surface area contributed by atoms with Gasteiger partial charge in [-0.1, -0.05) is 12.1 Å². The minimum Gasteiger partial charge on any atom is -0.356 e. The Hall–Kier alpha value is -0.960. The van der Waals surface area contributed by atoms with Crippen molar-refractivity contribution in [3.05, 3.63) is 35.4 Å². The van der Waals surface area contributed by atoms with Crippen LogP contribution in [0.3, 0.4) is 0 Å². The van der Waals surface area contributed by atoms with E-state index < -0.39 is 0 Å². The Morgan fingerprint density at radius 2 is 2.10 bits per heavy atom. The van der Waals surface area contributed by atoms with Crippen LogP contribution in [-0.4, -0.2) is 44.5 Å². The number of carbonyl (C=O) groups is 1. The minimum atomic E-state index is -0.0747. The molecule has 1 amide bonds. The molecule has 21 heavy (non-hydrogen) atoms. The third-order valence-corrected chi connectivity index (χ3v) is 3.31. The molecule has 0 radical (unpaired) electrons. The number of guanidine groups is 1. The molecule has 0 unspecified atom stereocenters. The van der Waals surface area contributed by atoms with Crippen molar-refractivity contribution in [1.29, 1.82) is 0 Å². The molecule has 0 spiro atoms. The van der Waals surface area contributed by atoms with Gasteiger partial charge in [0.2, 0.25) is 0 Å². The lowest BCUT2D eigenvalue weighted by atomic mass is 10.1. The van der Waals surface area contributed by atoms with Gasteiger partial charge >= 0.3 is 0 Å². The summed E-state index contributed by atoms with van der Waals surface area (Å²) < 4.78 is 0. The number of nitrogens with zero attached hydrogens (tertiary/aromatic N) is 1. The van der Waals surface area contributed by atoms with Gasteiger partial charge in [0.1, 0.15) is 0 Å². The van der Waals surface area contributed by atoms with Gasteiger partial charge in [0, 0.05) is 38.5 Å². The van der Waals surface area contributed by atoms with E-state index >= 15 is 0 Å². The van der Waals surface area contributed by atoms with Crippen LogP contribution < -0.4 is 16.0 Å². The molecule has 0 aromatic heterocycles. The average molecular weight is 422 g/mol. The lowest BCUT2D eigenvalue weighted by molar-refractivity contribution is 0.0963. The maximum atomic E-state index is 11.6. The van der Waals surface area contributed by atoms with Crippen LogP contribution in [0.4, 0.5) is 0 Å². The zero-order valence-corrected chi connectivity index (χ0v) is 15.7. The number of hydrogen-bond acceptors (Lipinski definition) is 3. The molecule has 1 aromatic rings. The fraction of sp³-hybridized carbons (Fsp3) is 0.429. The van der Waals surface area contributed by atoms with E-state index in [1.807, 2.05) is 18.2 Å². The Morgan fingerprint density at radius 1 is 1.33 bits per heavy atom. The molecular formula is C14H23IN4OS. The maximum Gasteiger partial charge on any atom is 0.251 e. The van der Waals surface area contributed by atoms with E-state index in [1.54, 1.807) is 31.9 Å². The molecule has 1 aromatic carbocycles. The molecule has 5 nitrogen and oxygen atoms in total. The van der Waals surface area contributed by atoms with Gasteiger partial charge in [-0.2, -0.15) is 11.8 Å². The van der Waals surface area contributed by atoms with Crippen LogP contribution >= 0.6 is 35.7 Å². The SMILES string of the molecule is CN=C(NCCSC)NCc1cccc(C(=O)NC)c1.I. The zero-order valence-electron chi connectivity index (χ0n) is 12.6. The Bertz CT molecular complexity index is 468. The number of amides is 1. The van der Waals surface area contributed by atoms with Crippen molar-refractivity contribution in [2.24, 2.45) is 4.99 Å². The summed E-state index contributed by atoms with van der Waals surface area (Å²) in [5.74, 6) is 1.73. The molecule has 1 rings (SSSR count). The van der Waals surface area contributed by atoms with Crippen LogP contribution in [0.5, 0.6) is 0 Å². The number of thioether (sulfide) groups is 1. The molecule has 0 saturated heterocycles. The summed E-state index contributed by atoms with van der Waals surface area (Å²) >= 11 is 1.79. The molecule has 0 saturated carbocycles. The van der Waals surface area contributed by atoms with Crippen LogP contribution in [0.2, 0.25) is 0 Å². The van der Waals surface area contributed by atoms with Gasteiger partial charge in [0.15, 0.2) is 5.96 Å². The summed E-state index contributed by atoms with van der Waals surface area (Å²) in [6, 6.07) is 7.54. The van der Waals surface area contributed by atoms with E-state index in [2.05, 4.69) is 27.2 Å². The molecule has 3 N–H and O–H groups in total. The number of halogens is 1. The van der Waals surface area contributed by atoms with Gasteiger partial charge in [0.05, 0.1) is 0 Å². The first-order chi connectivity index (χ1) is 9.71. The van der Waals surface area contributed by atoms with Crippen molar-refractivity contribution in [1.82, 2.24) is 16.0 Å². The van der Waals surface area contributed by atoms with E-state index in [4.69, 9.17) is 0 Å². The van der Waals surface area contributed by atoms with Crippen LogP contribution in [0, 0.1) is 0 Å². The average Bonchev–Trinajstić information content (AvgIpc) is 2.50. The van der Waals surface area contributed by atoms with Gasteiger partial charge in [-0.15, -0.1) is 24.0 Å². The van der Waals surface area contributed by atoms with Crippen LogP contribution in [-0.2, 0) is 6.54 Å². The quantitative estimate of drug-likeness (QED) is 0.283. The molecular weight excluding hydrogens is 399 g/mol. The maximum absolute atomic E-state index is 11.6. The Morgan fingerprint density at radius 3 is 2.71 bits per heavy atom.